The molecule has 1 N–H and O–H groups in total. The van der Waals surface area contributed by atoms with Crippen molar-refractivity contribution < 1.29 is 0 Å². The van der Waals surface area contributed by atoms with Crippen LogP contribution in [0.4, 0.5) is 0 Å². The average Bonchev–Trinajstić information content (AvgIpc) is 2.81. The number of aromatic nitrogens is 3. The first-order valence-electron chi connectivity index (χ1n) is 6.63. The van der Waals surface area contributed by atoms with E-state index in [2.05, 4.69) is 22.4 Å². The SMILES string of the molecule is CCC(NCCc1nncn1C)c1ccc(Cl)cc1Cl. The van der Waals surface area contributed by atoms with Gasteiger partial charge >= 0.3 is 0 Å². The number of nitrogens with one attached hydrogen (secondary N) is 1. The molecule has 0 aliphatic rings. The molecule has 2 rings (SSSR count). The Kier molecular flexibility index (Phi) is 5.40. The minimum atomic E-state index is 0.216. The largest absolute Gasteiger partial charge is 0.321 e. The van der Waals surface area contributed by atoms with Crippen LogP contribution >= 0.6 is 23.2 Å². The lowest BCUT2D eigenvalue weighted by Crippen LogP contribution is -2.24. The molecule has 1 aromatic carbocycles. The van der Waals surface area contributed by atoms with Crippen LogP contribution in [0.25, 0.3) is 0 Å². The van der Waals surface area contributed by atoms with Crippen molar-refractivity contribution in [1.82, 2.24) is 20.1 Å². The molecule has 20 heavy (non-hydrogen) atoms. The van der Waals surface area contributed by atoms with E-state index in [1.165, 1.54) is 0 Å². The third-order valence-electron chi connectivity index (χ3n) is 3.29. The summed E-state index contributed by atoms with van der Waals surface area (Å²) in [4.78, 5) is 0. The average molecular weight is 313 g/mol. The fourth-order valence-electron chi connectivity index (χ4n) is 2.15. The van der Waals surface area contributed by atoms with Gasteiger partial charge in [0, 0.05) is 36.1 Å². The molecule has 1 heterocycles. The van der Waals surface area contributed by atoms with Crippen LogP contribution in [0, 0.1) is 0 Å². The molecule has 4 nitrogen and oxygen atoms in total. The number of halogens is 2. The van der Waals surface area contributed by atoms with Gasteiger partial charge in [-0.25, -0.2) is 0 Å². The fraction of sp³-hybridized carbons (Fsp3) is 0.429. The van der Waals surface area contributed by atoms with Crippen LogP contribution in [0.1, 0.15) is 30.8 Å². The number of hydrogen-bond donors (Lipinski definition) is 1. The van der Waals surface area contributed by atoms with E-state index in [-0.39, 0.29) is 6.04 Å². The Morgan fingerprint density at radius 2 is 2.15 bits per heavy atom. The van der Waals surface area contributed by atoms with Gasteiger partial charge in [0.25, 0.3) is 0 Å². The third kappa shape index (κ3) is 3.72. The van der Waals surface area contributed by atoms with Crippen molar-refractivity contribution in [2.75, 3.05) is 6.54 Å². The van der Waals surface area contributed by atoms with E-state index in [0.29, 0.717) is 10.0 Å². The van der Waals surface area contributed by atoms with E-state index < -0.39 is 0 Å². The summed E-state index contributed by atoms with van der Waals surface area (Å²) in [6, 6.07) is 5.85. The first kappa shape index (κ1) is 15.3. The highest BCUT2D eigenvalue weighted by Gasteiger charge is 2.13. The molecule has 1 atom stereocenters. The lowest BCUT2D eigenvalue weighted by Gasteiger charge is -2.18. The lowest BCUT2D eigenvalue weighted by molar-refractivity contribution is 0.515. The highest BCUT2D eigenvalue weighted by Crippen LogP contribution is 2.27. The molecular formula is C14H18Cl2N4. The number of aryl methyl sites for hydroxylation is 1. The van der Waals surface area contributed by atoms with Crippen LogP contribution in [-0.2, 0) is 13.5 Å². The first-order valence-corrected chi connectivity index (χ1v) is 7.38. The summed E-state index contributed by atoms with van der Waals surface area (Å²) in [5.74, 6) is 0.967. The summed E-state index contributed by atoms with van der Waals surface area (Å²) in [6.07, 6.45) is 3.50. The topological polar surface area (TPSA) is 42.7 Å². The van der Waals surface area contributed by atoms with Gasteiger partial charge in [-0.05, 0) is 24.1 Å². The van der Waals surface area contributed by atoms with Gasteiger partial charge in [0.1, 0.15) is 12.2 Å². The summed E-state index contributed by atoms with van der Waals surface area (Å²) < 4.78 is 1.93. The first-order chi connectivity index (χ1) is 9.61. The van der Waals surface area contributed by atoms with Crippen molar-refractivity contribution in [3.8, 4) is 0 Å². The van der Waals surface area contributed by atoms with Crippen molar-refractivity contribution >= 4 is 23.2 Å². The summed E-state index contributed by atoms with van der Waals surface area (Å²) in [7, 11) is 1.95. The van der Waals surface area contributed by atoms with Crippen molar-refractivity contribution in [1.29, 1.82) is 0 Å². The minimum Gasteiger partial charge on any atom is -0.321 e. The molecule has 0 aliphatic heterocycles. The molecule has 0 saturated heterocycles. The molecule has 0 fully saturated rings. The molecule has 0 saturated carbocycles. The number of rotatable bonds is 6. The quantitative estimate of drug-likeness (QED) is 0.889. The molecule has 6 heteroatoms. The van der Waals surface area contributed by atoms with Crippen LogP contribution in [-0.4, -0.2) is 21.3 Å². The molecule has 2 aromatic rings. The van der Waals surface area contributed by atoms with Gasteiger partial charge in [0.05, 0.1) is 0 Å². The normalized spacial score (nSPS) is 12.6. The smallest absolute Gasteiger partial charge is 0.133 e. The number of nitrogens with zero attached hydrogens (tertiary/aromatic N) is 3. The van der Waals surface area contributed by atoms with E-state index in [1.807, 2.05) is 23.7 Å². The van der Waals surface area contributed by atoms with Crippen LogP contribution in [0.2, 0.25) is 10.0 Å². The van der Waals surface area contributed by atoms with Crippen LogP contribution in [0.5, 0.6) is 0 Å². The Bertz CT molecular complexity index is 568. The monoisotopic (exact) mass is 312 g/mol. The molecule has 1 unspecified atom stereocenters. The zero-order valence-electron chi connectivity index (χ0n) is 11.6. The van der Waals surface area contributed by atoms with Crippen molar-refractivity contribution in [3.63, 3.8) is 0 Å². The third-order valence-corrected chi connectivity index (χ3v) is 3.85. The number of benzene rings is 1. The molecule has 0 amide bonds. The second-order valence-corrected chi connectivity index (χ2v) is 5.53. The molecule has 0 radical (unpaired) electrons. The second-order valence-electron chi connectivity index (χ2n) is 4.69. The van der Waals surface area contributed by atoms with Crippen LogP contribution in [0.3, 0.4) is 0 Å². The van der Waals surface area contributed by atoms with Gasteiger partial charge < -0.3 is 9.88 Å². The van der Waals surface area contributed by atoms with E-state index in [4.69, 9.17) is 23.2 Å². The standard InChI is InChI=1S/C14H18Cl2N4/c1-3-13(11-5-4-10(15)8-12(11)16)17-7-6-14-19-18-9-20(14)2/h4-5,8-9,13,17H,3,6-7H2,1-2H3. The Morgan fingerprint density at radius 1 is 1.35 bits per heavy atom. The molecule has 0 spiro atoms. The molecule has 1 aromatic heterocycles. The fourth-order valence-corrected chi connectivity index (χ4v) is 2.69. The van der Waals surface area contributed by atoms with E-state index >= 15 is 0 Å². The molecule has 108 valence electrons. The van der Waals surface area contributed by atoms with Gasteiger partial charge in [0.15, 0.2) is 0 Å². The van der Waals surface area contributed by atoms with Crippen molar-refractivity contribution in [3.05, 3.63) is 46.0 Å². The van der Waals surface area contributed by atoms with E-state index in [0.717, 1.165) is 30.8 Å². The summed E-state index contributed by atoms with van der Waals surface area (Å²) in [6.45, 7) is 2.95. The zero-order chi connectivity index (χ0) is 14.5. The maximum Gasteiger partial charge on any atom is 0.133 e. The van der Waals surface area contributed by atoms with Gasteiger partial charge in [-0.3, -0.25) is 0 Å². The van der Waals surface area contributed by atoms with Crippen molar-refractivity contribution in [2.45, 2.75) is 25.8 Å². The molecule has 0 aliphatic carbocycles. The Balaban J connectivity index is 1.97. The predicted octanol–water partition coefficient (Wildman–Crippen LogP) is 3.41. The van der Waals surface area contributed by atoms with Gasteiger partial charge in [-0.2, -0.15) is 0 Å². The summed E-state index contributed by atoms with van der Waals surface area (Å²) in [5.41, 5.74) is 1.08. The minimum absolute atomic E-state index is 0.216. The maximum atomic E-state index is 6.26. The Hall–Kier alpha value is -1.10. The van der Waals surface area contributed by atoms with Gasteiger partial charge in [0.2, 0.25) is 0 Å². The van der Waals surface area contributed by atoms with Gasteiger partial charge in [-0.1, -0.05) is 36.2 Å². The highest BCUT2D eigenvalue weighted by atomic mass is 35.5. The van der Waals surface area contributed by atoms with Gasteiger partial charge in [-0.15, -0.1) is 10.2 Å². The summed E-state index contributed by atoms with van der Waals surface area (Å²) >= 11 is 12.2. The van der Waals surface area contributed by atoms with Crippen molar-refractivity contribution in [2.24, 2.45) is 7.05 Å². The Morgan fingerprint density at radius 3 is 2.75 bits per heavy atom. The molecular weight excluding hydrogens is 295 g/mol. The predicted molar refractivity (Wildman–Crippen MR) is 82.2 cm³/mol. The summed E-state index contributed by atoms with van der Waals surface area (Å²) in [5, 5.41) is 12.8. The highest BCUT2D eigenvalue weighted by molar-refractivity contribution is 6.35. The zero-order valence-corrected chi connectivity index (χ0v) is 13.1. The van der Waals surface area contributed by atoms with Crippen LogP contribution < -0.4 is 5.32 Å². The van der Waals surface area contributed by atoms with Crippen LogP contribution in [0.15, 0.2) is 24.5 Å². The maximum absolute atomic E-state index is 6.26. The Labute approximate surface area is 129 Å². The number of hydrogen-bond acceptors (Lipinski definition) is 3. The van der Waals surface area contributed by atoms with E-state index in [9.17, 15) is 0 Å². The second kappa shape index (κ2) is 7.07. The lowest BCUT2D eigenvalue weighted by atomic mass is 10.0. The van der Waals surface area contributed by atoms with E-state index in [1.54, 1.807) is 12.4 Å². The molecule has 0 bridgehead atoms.